The fourth-order valence-corrected chi connectivity index (χ4v) is 1.16. The zero-order valence-corrected chi connectivity index (χ0v) is 11.5. The number of phenolic OH excluding ortho intramolecular Hbond substituents is 1. The molecule has 1 rings (SSSR count). The zero-order chi connectivity index (χ0) is 15.1. The molecule has 0 amide bonds. The highest BCUT2D eigenvalue weighted by molar-refractivity contribution is 7.79. The quantitative estimate of drug-likeness (QED) is 0.519. The molecule has 0 aliphatic carbocycles. The monoisotopic (exact) mass is 293 g/mol. The molecule has 0 spiro atoms. The predicted molar refractivity (Wildman–Crippen MR) is 70.4 cm³/mol. The third kappa shape index (κ3) is 11.6. The van der Waals surface area contributed by atoms with Gasteiger partial charge in [-0.3, -0.25) is 9.11 Å². The van der Waals surface area contributed by atoms with Crippen LogP contribution in [0.25, 0.3) is 0 Å². The molecule has 0 saturated heterocycles. The average molecular weight is 293 g/mol. The molecule has 1 aromatic rings. The van der Waals surface area contributed by atoms with Crippen LogP contribution >= 0.6 is 0 Å². The van der Waals surface area contributed by atoms with Gasteiger partial charge in [-0.1, -0.05) is 26.0 Å². The molecule has 0 bridgehead atoms. The van der Waals surface area contributed by atoms with Crippen molar-refractivity contribution in [3.8, 4) is 5.75 Å². The van der Waals surface area contributed by atoms with Crippen molar-refractivity contribution >= 4 is 10.4 Å². The van der Waals surface area contributed by atoms with E-state index in [1.807, 2.05) is 13.8 Å². The van der Waals surface area contributed by atoms with Crippen LogP contribution in [0.1, 0.15) is 25.5 Å². The lowest BCUT2D eigenvalue weighted by Gasteiger charge is -2.14. The second-order valence-corrected chi connectivity index (χ2v) is 5.01. The van der Waals surface area contributed by atoms with E-state index in [1.165, 1.54) is 0 Å². The Labute approximate surface area is 112 Å². The summed E-state index contributed by atoms with van der Waals surface area (Å²) in [5, 5.41) is 21.9. The number of aliphatic hydroxyl groups excluding tert-OH is 1. The molecule has 0 fully saturated rings. The highest BCUT2D eigenvalue weighted by Crippen LogP contribution is 2.15. The van der Waals surface area contributed by atoms with Crippen molar-refractivity contribution in [1.29, 1.82) is 0 Å². The molecule has 1 unspecified atom stereocenters. The van der Waals surface area contributed by atoms with Crippen molar-refractivity contribution < 1.29 is 27.7 Å². The Morgan fingerprint density at radius 1 is 1.16 bits per heavy atom. The molecule has 0 aliphatic heterocycles. The fourth-order valence-electron chi connectivity index (χ4n) is 1.16. The van der Waals surface area contributed by atoms with Gasteiger partial charge in [0.15, 0.2) is 0 Å². The minimum Gasteiger partial charge on any atom is -0.508 e. The van der Waals surface area contributed by atoms with Gasteiger partial charge < -0.3 is 15.5 Å². The molecule has 0 heterocycles. The van der Waals surface area contributed by atoms with Crippen LogP contribution in [0.4, 0.5) is 0 Å². The topological polar surface area (TPSA) is 127 Å². The number of nitrogens with one attached hydrogen (secondary N) is 1. The highest BCUT2D eigenvalue weighted by atomic mass is 32.3. The summed E-state index contributed by atoms with van der Waals surface area (Å²) in [5.74, 6) is 0.220. The molecule has 110 valence electrons. The normalized spacial score (nSPS) is 12.7. The molecular formula is C11H19NO6S. The van der Waals surface area contributed by atoms with E-state index in [0.717, 1.165) is 5.56 Å². The van der Waals surface area contributed by atoms with Crippen molar-refractivity contribution in [2.45, 2.75) is 26.0 Å². The van der Waals surface area contributed by atoms with Gasteiger partial charge in [-0.2, -0.15) is 8.42 Å². The van der Waals surface area contributed by atoms with E-state index in [9.17, 15) is 5.11 Å². The minimum absolute atomic E-state index is 0.220. The number of hydrogen-bond donors (Lipinski definition) is 5. The van der Waals surface area contributed by atoms with Gasteiger partial charge in [0.2, 0.25) is 0 Å². The first kappa shape index (κ1) is 17.8. The maximum absolute atomic E-state index is 9.72. The standard InChI is InChI=1S/C11H17NO2.H2O4S/c1-8(2)12-7-11(14)9-3-5-10(13)6-4-9;1-5(2,3)4/h3-6,8,11-14H,7H2,1-2H3;(H2,1,2,3,4). The summed E-state index contributed by atoms with van der Waals surface area (Å²) in [6.07, 6.45) is -0.516. The van der Waals surface area contributed by atoms with Crippen molar-refractivity contribution in [2.24, 2.45) is 0 Å². The second kappa shape index (κ2) is 8.08. The summed E-state index contributed by atoms with van der Waals surface area (Å²) < 4.78 is 31.6. The molecule has 5 N–H and O–H groups in total. The first-order chi connectivity index (χ1) is 8.59. The van der Waals surface area contributed by atoms with Gasteiger partial charge >= 0.3 is 10.4 Å². The van der Waals surface area contributed by atoms with E-state index >= 15 is 0 Å². The van der Waals surface area contributed by atoms with Crippen molar-refractivity contribution in [3.05, 3.63) is 29.8 Å². The largest absolute Gasteiger partial charge is 0.508 e. The van der Waals surface area contributed by atoms with Gasteiger partial charge in [0.1, 0.15) is 5.75 Å². The number of hydrogen-bond acceptors (Lipinski definition) is 5. The number of benzene rings is 1. The van der Waals surface area contributed by atoms with Crippen LogP contribution in [0.2, 0.25) is 0 Å². The van der Waals surface area contributed by atoms with E-state index < -0.39 is 16.5 Å². The Balaban J connectivity index is 0.000000555. The van der Waals surface area contributed by atoms with Gasteiger partial charge in [0, 0.05) is 12.6 Å². The lowest BCUT2D eigenvalue weighted by Crippen LogP contribution is -2.27. The molecule has 0 radical (unpaired) electrons. The molecule has 8 heteroatoms. The Hall–Kier alpha value is -1.19. The first-order valence-corrected chi connectivity index (χ1v) is 6.89. The first-order valence-electron chi connectivity index (χ1n) is 5.50. The second-order valence-electron chi connectivity index (χ2n) is 4.12. The number of phenols is 1. The summed E-state index contributed by atoms with van der Waals surface area (Å²) in [4.78, 5) is 0. The number of rotatable bonds is 4. The van der Waals surface area contributed by atoms with Gasteiger partial charge in [0.05, 0.1) is 6.10 Å². The van der Waals surface area contributed by atoms with E-state index in [4.69, 9.17) is 22.6 Å². The van der Waals surface area contributed by atoms with E-state index in [0.29, 0.717) is 12.6 Å². The smallest absolute Gasteiger partial charge is 0.394 e. The van der Waals surface area contributed by atoms with Crippen LogP contribution in [0.3, 0.4) is 0 Å². The third-order valence-electron chi connectivity index (χ3n) is 2.00. The van der Waals surface area contributed by atoms with E-state index in [1.54, 1.807) is 24.3 Å². The average Bonchev–Trinajstić information content (AvgIpc) is 2.24. The maximum atomic E-state index is 9.72. The molecule has 7 nitrogen and oxygen atoms in total. The molecule has 19 heavy (non-hydrogen) atoms. The lowest BCUT2D eigenvalue weighted by molar-refractivity contribution is 0.171. The van der Waals surface area contributed by atoms with Gasteiger partial charge in [-0.25, -0.2) is 0 Å². The summed E-state index contributed by atoms with van der Waals surface area (Å²) in [7, 11) is -4.67. The molecule has 0 saturated carbocycles. The maximum Gasteiger partial charge on any atom is 0.394 e. The Morgan fingerprint density at radius 2 is 1.58 bits per heavy atom. The van der Waals surface area contributed by atoms with Gasteiger partial charge in [-0.05, 0) is 17.7 Å². The third-order valence-corrected chi connectivity index (χ3v) is 2.00. The van der Waals surface area contributed by atoms with Crippen molar-refractivity contribution in [1.82, 2.24) is 5.32 Å². The van der Waals surface area contributed by atoms with Crippen molar-refractivity contribution in [3.63, 3.8) is 0 Å². The molecule has 1 atom stereocenters. The summed E-state index contributed by atoms with van der Waals surface area (Å²) >= 11 is 0. The highest BCUT2D eigenvalue weighted by Gasteiger charge is 2.07. The molecular weight excluding hydrogens is 274 g/mol. The van der Waals surface area contributed by atoms with Crippen LogP contribution in [0.15, 0.2) is 24.3 Å². The summed E-state index contributed by atoms with van der Waals surface area (Å²) in [6.45, 7) is 4.59. The van der Waals surface area contributed by atoms with E-state index in [-0.39, 0.29) is 5.75 Å². The summed E-state index contributed by atoms with van der Waals surface area (Å²) in [5.41, 5.74) is 0.816. The molecule has 1 aromatic carbocycles. The van der Waals surface area contributed by atoms with Crippen LogP contribution in [-0.2, 0) is 10.4 Å². The minimum atomic E-state index is -4.67. The summed E-state index contributed by atoms with van der Waals surface area (Å²) in [6, 6.07) is 6.97. The van der Waals surface area contributed by atoms with Crippen LogP contribution < -0.4 is 5.32 Å². The number of aromatic hydroxyl groups is 1. The Morgan fingerprint density at radius 3 is 1.95 bits per heavy atom. The SMILES string of the molecule is CC(C)NCC(O)c1ccc(O)cc1.O=S(=O)(O)O. The van der Waals surface area contributed by atoms with Crippen LogP contribution in [-0.4, -0.2) is 40.3 Å². The zero-order valence-electron chi connectivity index (χ0n) is 10.7. The van der Waals surface area contributed by atoms with E-state index in [2.05, 4.69) is 5.32 Å². The Kier molecular flexibility index (Phi) is 7.57. The van der Waals surface area contributed by atoms with Gasteiger partial charge in [-0.15, -0.1) is 0 Å². The van der Waals surface area contributed by atoms with Crippen LogP contribution in [0.5, 0.6) is 5.75 Å². The number of aliphatic hydroxyl groups is 1. The lowest BCUT2D eigenvalue weighted by atomic mass is 10.1. The predicted octanol–water partition coefficient (Wildman–Crippen LogP) is 0.771. The van der Waals surface area contributed by atoms with Crippen molar-refractivity contribution in [2.75, 3.05) is 6.54 Å². The fraction of sp³-hybridized carbons (Fsp3) is 0.455. The van der Waals surface area contributed by atoms with Gasteiger partial charge in [0.25, 0.3) is 0 Å². The Bertz CT molecular complexity index is 449. The molecule has 0 aliphatic rings. The van der Waals surface area contributed by atoms with Crippen LogP contribution in [0, 0.1) is 0 Å². The molecule has 0 aromatic heterocycles.